The Morgan fingerprint density at radius 3 is 2.65 bits per heavy atom. The van der Waals surface area contributed by atoms with E-state index in [0.29, 0.717) is 0 Å². The second-order valence-corrected chi connectivity index (χ2v) is 5.66. The first-order valence-corrected chi connectivity index (χ1v) is 7.40. The topological polar surface area (TPSA) is 51.2 Å². The number of rotatable bonds is 6. The maximum absolute atomic E-state index is 5.87. The molecular weight excluding hydrogens is 252 g/mol. The van der Waals surface area contributed by atoms with Gasteiger partial charge in [-0.25, -0.2) is 4.98 Å². The van der Waals surface area contributed by atoms with Crippen LogP contribution in [0, 0.1) is 20.8 Å². The summed E-state index contributed by atoms with van der Waals surface area (Å²) >= 11 is 0. The molecule has 1 saturated carbocycles. The molecule has 1 fully saturated rings. The average molecular weight is 274 g/mol. The summed E-state index contributed by atoms with van der Waals surface area (Å²) in [5.74, 6) is 3.49. The van der Waals surface area contributed by atoms with Gasteiger partial charge in [0.15, 0.2) is 11.7 Å². The summed E-state index contributed by atoms with van der Waals surface area (Å²) in [7, 11) is 0. The largest absolute Gasteiger partial charge is 0.466 e. The number of nitrogens with zero attached hydrogens (tertiary/aromatic N) is 1. The molecule has 1 N–H and O–H groups in total. The summed E-state index contributed by atoms with van der Waals surface area (Å²) in [6.07, 6.45) is 6.44. The van der Waals surface area contributed by atoms with Crippen LogP contribution in [0.4, 0.5) is 0 Å². The zero-order chi connectivity index (χ0) is 14.1. The highest BCUT2D eigenvalue weighted by Crippen LogP contribution is 2.32. The van der Waals surface area contributed by atoms with E-state index in [1.807, 2.05) is 20.0 Å². The Hall–Kier alpha value is -1.55. The second kappa shape index (κ2) is 5.44. The Morgan fingerprint density at radius 1 is 1.20 bits per heavy atom. The maximum Gasteiger partial charge on any atom is 0.194 e. The molecular formula is C16H22N2O2. The van der Waals surface area contributed by atoms with Gasteiger partial charge in [0, 0.05) is 18.0 Å². The van der Waals surface area contributed by atoms with E-state index in [1.165, 1.54) is 12.8 Å². The summed E-state index contributed by atoms with van der Waals surface area (Å²) in [5.41, 5.74) is 2.19. The molecule has 0 radical (unpaired) electrons. The van der Waals surface area contributed by atoms with Gasteiger partial charge in [0.2, 0.25) is 0 Å². The van der Waals surface area contributed by atoms with Crippen molar-refractivity contribution in [2.24, 2.45) is 0 Å². The maximum atomic E-state index is 5.87. The van der Waals surface area contributed by atoms with Crippen LogP contribution in [0.2, 0.25) is 0 Å². The van der Waals surface area contributed by atoms with Gasteiger partial charge in [0.25, 0.3) is 0 Å². The van der Waals surface area contributed by atoms with E-state index >= 15 is 0 Å². The van der Waals surface area contributed by atoms with E-state index in [2.05, 4.69) is 17.2 Å². The smallest absolute Gasteiger partial charge is 0.194 e. The molecule has 1 aliphatic carbocycles. The van der Waals surface area contributed by atoms with Crippen molar-refractivity contribution in [3.63, 3.8) is 0 Å². The van der Waals surface area contributed by atoms with Crippen LogP contribution >= 0.6 is 0 Å². The molecule has 0 aromatic carbocycles. The van der Waals surface area contributed by atoms with Gasteiger partial charge >= 0.3 is 0 Å². The van der Waals surface area contributed by atoms with Crippen LogP contribution in [-0.4, -0.2) is 17.6 Å². The van der Waals surface area contributed by atoms with Gasteiger partial charge in [0.1, 0.15) is 11.5 Å². The van der Waals surface area contributed by atoms with Crippen molar-refractivity contribution < 1.29 is 8.83 Å². The quantitative estimate of drug-likeness (QED) is 0.818. The molecule has 4 nitrogen and oxygen atoms in total. The third-order valence-electron chi connectivity index (χ3n) is 3.94. The number of aryl methyl sites for hydroxylation is 3. The summed E-state index contributed by atoms with van der Waals surface area (Å²) in [6, 6.07) is 0.773. The van der Waals surface area contributed by atoms with Gasteiger partial charge in [-0.05, 0) is 46.6 Å². The van der Waals surface area contributed by atoms with Crippen LogP contribution in [0.5, 0.6) is 0 Å². The molecule has 0 bridgehead atoms. The summed E-state index contributed by atoms with van der Waals surface area (Å²) < 4.78 is 11.5. The van der Waals surface area contributed by atoms with Crippen LogP contribution in [0.3, 0.4) is 0 Å². The van der Waals surface area contributed by atoms with Crippen molar-refractivity contribution >= 4 is 0 Å². The molecule has 1 aliphatic rings. The van der Waals surface area contributed by atoms with Crippen molar-refractivity contribution in [1.29, 1.82) is 0 Å². The third-order valence-corrected chi connectivity index (χ3v) is 3.94. The minimum absolute atomic E-state index is 0.773. The number of aromatic nitrogens is 1. The first-order chi connectivity index (χ1) is 9.65. The SMILES string of the molecule is Cc1oc(C)c(-c2cnc(CCCNC3CC3)o2)c1C. The summed E-state index contributed by atoms with van der Waals surface area (Å²) in [6.45, 7) is 7.05. The van der Waals surface area contributed by atoms with Gasteiger partial charge in [-0.1, -0.05) is 0 Å². The van der Waals surface area contributed by atoms with Gasteiger partial charge < -0.3 is 14.2 Å². The van der Waals surface area contributed by atoms with E-state index in [1.54, 1.807) is 0 Å². The lowest BCUT2D eigenvalue weighted by Gasteiger charge is -2.00. The fraction of sp³-hybridized carbons (Fsp3) is 0.562. The highest BCUT2D eigenvalue weighted by atomic mass is 16.4. The molecule has 2 heterocycles. The van der Waals surface area contributed by atoms with E-state index < -0.39 is 0 Å². The van der Waals surface area contributed by atoms with E-state index in [0.717, 1.165) is 59.7 Å². The Morgan fingerprint density at radius 2 is 2.00 bits per heavy atom. The molecule has 3 rings (SSSR count). The Bertz CT molecular complexity index is 594. The molecule has 0 saturated heterocycles. The van der Waals surface area contributed by atoms with Gasteiger partial charge in [-0.3, -0.25) is 0 Å². The van der Waals surface area contributed by atoms with Gasteiger partial charge in [-0.15, -0.1) is 0 Å². The molecule has 0 aliphatic heterocycles. The lowest BCUT2D eigenvalue weighted by atomic mass is 10.1. The van der Waals surface area contributed by atoms with Crippen LogP contribution in [0.25, 0.3) is 11.3 Å². The fourth-order valence-corrected chi connectivity index (χ4v) is 2.53. The predicted molar refractivity (Wildman–Crippen MR) is 77.8 cm³/mol. The lowest BCUT2D eigenvalue weighted by molar-refractivity contribution is 0.485. The fourth-order valence-electron chi connectivity index (χ4n) is 2.53. The predicted octanol–water partition coefficient (Wildman–Crippen LogP) is 3.54. The molecule has 20 heavy (non-hydrogen) atoms. The first-order valence-electron chi connectivity index (χ1n) is 7.40. The van der Waals surface area contributed by atoms with Crippen molar-refractivity contribution in [3.8, 4) is 11.3 Å². The van der Waals surface area contributed by atoms with Crippen LogP contribution in [0.15, 0.2) is 15.0 Å². The first kappa shape index (κ1) is 13.4. The second-order valence-electron chi connectivity index (χ2n) is 5.66. The molecule has 108 valence electrons. The minimum atomic E-state index is 0.773. The van der Waals surface area contributed by atoms with Gasteiger partial charge in [-0.2, -0.15) is 0 Å². The number of hydrogen-bond donors (Lipinski definition) is 1. The van der Waals surface area contributed by atoms with Gasteiger partial charge in [0.05, 0.1) is 11.8 Å². The standard InChI is InChI=1S/C16H22N2O2/c1-10-11(2)19-12(3)16(10)14-9-18-15(20-14)5-4-8-17-13-6-7-13/h9,13,17H,4-8H2,1-3H3. The normalized spacial score (nSPS) is 14.9. The van der Waals surface area contributed by atoms with E-state index in [-0.39, 0.29) is 0 Å². The highest BCUT2D eigenvalue weighted by molar-refractivity contribution is 5.64. The number of oxazole rings is 1. The monoisotopic (exact) mass is 274 g/mol. The molecule has 0 atom stereocenters. The molecule has 2 aromatic heterocycles. The summed E-state index contributed by atoms with van der Waals surface area (Å²) in [5, 5.41) is 3.50. The minimum Gasteiger partial charge on any atom is -0.466 e. The van der Waals surface area contributed by atoms with Crippen LogP contribution < -0.4 is 5.32 Å². The number of nitrogens with one attached hydrogen (secondary N) is 1. The Balaban J connectivity index is 1.63. The van der Waals surface area contributed by atoms with Crippen molar-refractivity contribution in [1.82, 2.24) is 10.3 Å². The zero-order valence-corrected chi connectivity index (χ0v) is 12.5. The van der Waals surface area contributed by atoms with E-state index in [4.69, 9.17) is 8.83 Å². The highest BCUT2D eigenvalue weighted by Gasteiger charge is 2.20. The lowest BCUT2D eigenvalue weighted by Crippen LogP contribution is -2.17. The Kier molecular flexibility index (Phi) is 3.66. The van der Waals surface area contributed by atoms with Crippen molar-refractivity contribution in [2.45, 2.75) is 52.5 Å². The van der Waals surface area contributed by atoms with Crippen LogP contribution in [-0.2, 0) is 6.42 Å². The average Bonchev–Trinajstić information content (AvgIpc) is 3.07. The Labute approximate surface area is 119 Å². The number of hydrogen-bond acceptors (Lipinski definition) is 4. The molecule has 4 heteroatoms. The van der Waals surface area contributed by atoms with E-state index in [9.17, 15) is 0 Å². The molecule has 0 unspecified atom stereocenters. The zero-order valence-electron chi connectivity index (χ0n) is 12.5. The molecule has 0 amide bonds. The van der Waals surface area contributed by atoms with Crippen molar-refractivity contribution in [3.05, 3.63) is 29.2 Å². The van der Waals surface area contributed by atoms with Crippen LogP contribution in [0.1, 0.15) is 42.2 Å². The third kappa shape index (κ3) is 2.80. The number of furan rings is 1. The summed E-state index contributed by atoms with van der Waals surface area (Å²) in [4.78, 5) is 4.38. The molecule has 2 aromatic rings. The molecule has 0 spiro atoms. The van der Waals surface area contributed by atoms with Crippen molar-refractivity contribution in [2.75, 3.05) is 6.54 Å².